The van der Waals surface area contributed by atoms with Crippen LogP contribution in [0.2, 0.25) is 0 Å². The first-order valence-corrected chi connectivity index (χ1v) is 11.5. The van der Waals surface area contributed by atoms with Gasteiger partial charge in [-0.3, -0.25) is 9.59 Å². The molecule has 0 fully saturated rings. The van der Waals surface area contributed by atoms with Crippen molar-refractivity contribution in [1.29, 1.82) is 5.26 Å². The first-order valence-electron chi connectivity index (χ1n) is 10.7. The van der Waals surface area contributed by atoms with Crippen LogP contribution in [0.25, 0.3) is 0 Å². The van der Waals surface area contributed by atoms with Gasteiger partial charge in [0, 0.05) is 4.88 Å². The molecule has 0 saturated carbocycles. The Morgan fingerprint density at radius 1 is 1.10 bits per heavy atom. The normalized spacial score (nSPS) is 23.1. The van der Waals surface area contributed by atoms with E-state index in [2.05, 4.69) is 23.5 Å². The summed E-state index contributed by atoms with van der Waals surface area (Å²) < 4.78 is 0. The minimum atomic E-state index is -0.941. The summed E-state index contributed by atoms with van der Waals surface area (Å²) in [6.45, 7) is 3.89. The Morgan fingerprint density at radius 2 is 1.77 bits per heavy atom. The standard InChI is InChI=1S/C25H26N2O3S/c1-14-10-19(20(25(29)30)11-15(14)2)23(28)27-24-21(13-26)18-9-8-17(12-22(18)31-24)16-6-4-3-5-7-16/h3-7,17,19-20H,8-12H2,1-2H3,(H,27,28)(H,29,30)/t17-,19-,20-/m1/s1. The summed E-state index contributed by atoms with van der Waals surface area (Å²) in [6.07, 6.45) is 3.48. The van der Waals surface area contributed by atoms with E-state index in [0.717, 1.165) is 40.8 Å². The van der Waals surface area contributed by atoms with Gasteiger partial charge in [-0.1, -0.05) is 41.5 Å². The average molecular weight is 435 g/mol. The second kappa shape index (κ2) is 8.68. The summed E-state index contributed by atoms with van der Waals surface area (Å²) in [5.41, 5.74) is 5.02. The number of nitriles is 1. The molecule has 0 saturated heterocycles. The van der Waals surface area contributed by atoms with Gasteiger partial charge in [0.05, 0.1) is 17.4 Å². The van der Waals surface area contributed by atoms with Crippen molar-refractivity contribution >= 4 is 28.2 Å². The monoisotopic (exact) mass is 434 g/mol. The fourth-order valence-corrected chi connectivity index (χ4v) is 6.11. The lowest BCUT2D eigenvalue weighted by Crippen LogP contribution is -2.36. The highest BCUT2D eigenvalue weighted by molar-refractivity contribution is 7.16. The van der Waals surface area contributed by atoms with E-state index >= 15 is 0 Å². The van der Waals surface area contributed by atoms with Crippen LogP contribution < -0.4 is 5.32 Å². The van der Waals surface area contributed by atoms with Crippen molar-refractivity contribution < 1.29 is 14.7 Å². The average Bonchev–Trinajstić information content (AvgIpc) is 3.11. The number of hydrogen-bond donors (Lipinski definition) is 2. The molecule has 1 heterocycles. The molecule has 0 bridgehead atoms. The summed E-state index contributed by atoms with van der Waals surface area (Å²) in [5.74, 6) is -2.18. The van der Waals surface area contributed by atoms with Crippen LogP contribution in [0, 0.1) is 23.2 Å². The molecule has 1 aromatic carbocycles. The van der Waals surface area contributed by atoms with Gasteiger partial charge in [-0.2, -0.15) is 5.26 Å². The highest BCUT2D eigenvalue weighted by Crippen LogP contribution is 2.43. The third-order valence-corrected chi connectivity index (χ3v) is 7.97. The molecule has 31 heavy (non-hydrogen) atoms. The van der Waals surface area contributed by atoms with Crippen LogP contribution in [-0.4, -0.2) is 17.0 Å². The van der Waals surface area contributed by atoms with E-state index in [0.29, 0.717) is 29.3 Å². The van der Waals surface area contributed by atoms with Crippen LogP contribution in [0.4, 0.5) is 5.00 Å². The molecule has 3 atom stereocenters. The van der Waals surface area contributed by atoms with Crippen molar-refractivity contribution in [2.45, 2.75) is 51.9 Å². The van der Waals surface area contributed by atoms with E-state index in [-0.39, 0.29) is 5.91 Å². The molecule has 2 aliphatic carbocycles. The zero-order valence-electron chi connectivity index (χ0n) is 17.8. The van der Waals surface area contributed by atoms with Crippen molar-refractivity contribution in [3.8, 4) is 6.07 Å². The van der Waals surface area contributed by atoms with Crippen molar-refractivity contribution in [3.05, 3.63) is 63.0 Å². The first kappa shape index (κ1) is 21.3. The van der Waals surface area contributed by atoms with Crippen LogP contribution >= 0.6 is 11.3 Å². The zero-order chi connectivity index (χ0) is 22.1. The largest absolute Gasteiger partial charge is 0.481 e. The fourth-order valence-electron chi connectivity index (χ4n) is 4.83. The number of allylic oxidation sites excluding steroid dienone is 2. The maximum absolute atomic E-state index is 13.1. The minimum Gasteiger partial charge on any atom is -0.481 e. The fraction of sp³-hybridized carbons (Fsp3) is 0.400. The summed E-state index contributed by atoms with van der Waals surface area (Å²) in [7, 11) is 0. The van der Waals surface area contributed by atoms with Gasteiger partial charge in [0.25, 0.3) is 0 Å². The summed E-state index contributed by atoms with van der Waals surface area (Å²) in [4.78, 5) is 26.0. The van der Waals surface area contributed by atoms with Crippen molar-refractivity contribution in [1.82, 2.24) is 0 Å². The summed E-state index contributed by atoms with van der Waals surface area (Å²) in [5, 5.41) is 22.9. The zero-order valence-corrected chi connectivity index (χ0v) is 18.6. The molecular formula is C25H26N2O3S. The Labute approximate surface area is 186 Å². The topological polar surface area (TPSA) is 90.2 Å². The predicted molar refractivity (Wildman–Crippen MR) is 121 cm³/mol. The Bertz CT molecular complexity index is 1090. The number of nitrogens with zero attached hydrogens (tertiary/aromatic N) is 1. The lowest BCUT2D eigenvalue weighted by molar-refractivity contribution is -0.146. The predicted octanol–water partition coefficient (Wildman–Crippen LogP) is 5.28. The molecule has 4 rings (SSSR count). The Morgan fingerprint density at radius 3 is 2.42 bits per heavy atom. The van der Waals surface area contributed by atoms with Crippen molar-refractivity contribution in [2.24, 2.45) is 11.8 Å². The quantitative estimate of drug-likeness (QED) is 0.641. The summed E-state index contributed by atoms with van der Waals surface area (Å²) >= 11 is 1.47. The van der Waals surface area contributed by atoms with Crippen LogP contribution in [0.15, 0.2) is 41.5 Å². The number of hydrogen-bond acceptors (Lipinski definition) is 4. The van der Waals surface area contributed by atoms with Crippen LogP contribution in [-0.2, 0) is 22.4 Å². The molecule has 5 nitrogen and oxygen atoms in total. The van der Waals surface area contributed by atoms with E-state index in [1.807, 2.05) is 32.0 Å². The molecule has 0 aliphatic heterocycles. The molecule has 2 aromatic rings. The number of benzene rings is 1. The minimum absolute atomic E-state index is 0.297. The lowest BCUT2D eigenvalue weighted by atomic mass is 9.76. The van der Waals surface area contributed by atoms with Gasteiger partial charge in [0.1, 0.15) is 11.1 Å². The van der Waals surface area contributed by atoms with Crippen LogP contribution in [0.5, 0.6) is 0 Å². The third-order valence-electron chi connectivity index (χ3n) is 6.81. The molecule has 1 aromatic heterocycles. The van der Waals surface area contributed by atoms with Crippen LogP contribution in [0.1, 0.15) is 60.6 Å². The van der Waals surface area contributed by atoms with Crippen LogP contribution in [0.3, 0.4) is 0 Å². The molecule has 0 radical (unpaired) electrons. The number of carboxylic acid groups (broad SMARTS) is 1. The molecule has 160 valence electrons. The molecule has 2 N–H and O–H groups in total. The highest BCUT2D eigenvalue weighted by Gasteiger charge is 2.38. The van der Waals surface area contributed by atoms with Gasteiger partial charge in [0.2, 0.25) is 5.91 Å². The van der Waals surface area contributed by atoms with Gasteiger partial charge in [-0.15, -0.1) is 11.3 Å². The molecular weight excluding hydrogens is 408 g/mol. The number of anilines is 1. The molecule has 6 heteroatoms. The van der Waals surface area contributed by atoms with Gasteiger partial charge >= 0.3 is 5.97 Å². The number of aliphatic carboxylic acids is 1. The van der Waals surface area contributed by atoms with E-state index in [1.54, 1.807) is 0 Å². The van der Waals surface area contributed by atoms with Gasteiger partial charge in [0.15, 0.2) is 0 Å². The molecule has 2 aliphatic rings. The highest BCUT2D eigenvalue weighted by atomic mass is 32.1. The molecule has 1 amide bonds. The second-order valence-corrected chi connectivity index (χ2v) is 9.78. The van der Waals surface area contributed by atoms with E-state index in [4.69, 9.17) is 0 Å². The van der Waals surface area contributed by atoms with E-state index < -0.39 is 17.8 Å². The smallest absolute Gasteiger partial charge is 0.307 e. The Balaban J connectivity index is 1.57. The van der Waals surface area contributed by atoms with Gasteiger partial charge < -0.3 is 10.4 Å². The Kier molecular flexibility index (Phi) is 5.97. The maximum atomic E-state index is 13.1. The van der Waals surface area contributed by atoms with E-state index in [9.17, 15) is 20.0 Å². The second-order valence-electron chi connectivity index (χ2n) is 8.68. The number of rotatable bonds is 4. The van der Waals surface area contributed by atoms with Crippen molar-refractivity contribution in [3.63, 3.8) is 0 Å². The van der Waals surface area contributed by atoms with Crippen molar-refractivity contribution in [2.75, 3.05) is 5.32 Å². The SMILES string of the molecule is CC1=C(C)C[C@@H](C(=O)Nc2sc3c(c2C#N)CC[C@@H](c2ccccc2)C3)[C@H](C(=O)O)C1. The number of carbonyl (C=O) groups is 2. The lowest BCUT2D eigenvalue weighted by Gasteiger charge is -2.29. The third kappa shape index (κ3) is 4.15. The number of carbonyl (C=O) groups excluding carboxylic acids is 1. The number of thiophene rings is 1. The number of fused-ring (bicyclic) bond motifs is 1. The number of nitrogens with one attached hydrogen (secondary N) is 1. The van der Waals surface area contributed by atoms with Gasteiger partial charge in [-0.25, -0.2) is 0 Å². The number of amides is 1. The van der Waals surface area contributed by atoms with E-state index in [1.165, 1.54) is 16.9 Å². The molecule has 0 unspecified atom stereocenters. The molecule has 0 spiro atoms. The number of carboxylic acids is 1. The first-order chi connectivity index (χ1) is 14.9. The summed E-state index contributed by atoms with van der Waals surface area (Å²) in [6, 6.07) is 12.7. The maximum Gasteiger partial charge on any atom is 0.307 e. The Hall–Kier alpha value is -2.91. The van der Waals surface area contributed by atoms with Gasteiger partial charge in [-0.05, 0) is 63.0 Å².